The maximum atomic E-state index is 6.15. The molecule has 0 fully saturated rings. The number of alkyl halides is 2. The maximum Gasteiger partial charge on any atom is 0.147 e. The van der Waals surface area contributed by atoms with Crippen LogP contribution in [0.15, 0.2) is 23.0 Å². The summed E-state index contributed by atoms with van der Waals surface area (Å²) in [6.07, 6.45) is 3.68. The quantitative estimate of drug-likeness (QED) is 0.635. The maximum absolute atomic E-state index is 6.15. The zero-order chi connectivity index (χ0) is 10.8. The monoisotopic (exact) mass is 290 g/mol. The average Bonchev–Trinajstić information content (AvgIpc) is 2.10. The Morgan fingerprint density at radius 2 is 2.13 bits per heavy atom. The number of hydrogen-bond donors (Lipinski definition) is 1. The van der Waals surface area contributed by atoms with Gasteiger partial charge in [-0.05, 0) is 13.0 Å². The first kappa shape index (κ1) is 15.2. The van der Waals surface area contributed by atoms with E-state index in [4.69, 9.17) is 34.8 Å². The lowest BCUT2D eigenvalue weighted by Crippen LogP contribution is -2.38. The summed E-state index contributed by atoms with van der Waals surface area (Å²) in [4.78, 5) is 1.26. The molecule has 1 unspecified atom stereocenters. The Hall–Kier alpha value is 0.240. The van der Waals surface area contributed by atoms with Gasteiger partial charge in [0.25, 0.3) is 0 Å². The van der Waals surface area contributed by atoms with Gasteiger partial charge in [0.1, 0.15) is 5.00 Å². The minimum Gasteiger partial charge on any atom is -0.372 e. The van der Waals surface area contributed by atoms with Gasteiger partial charge in [0.05, 0.1) is 10.7 Å². The highest BCUT2D eigenvalue weighted by Gasteiger charge is 2.29. The topological polar surface area (TPSA) is 15.3 Å². The molecule has 2 nitrogen and oxygen atoms in total. The molecular weight excluding hydrogens is 278 g/mol. The van der Waals surface area contributed by atoms with Crippen molar-refractivity contribution in [3.63, 3.8) is 0 Å². The zero-order valence-corrected chi connectivity index (χ0v) is 11.6. The second-order valence-electron chi connectivity index (χ2n) is 3.29. The third-order valence-corrected chi connectivity index (χ3v) is 3.20. The van der Waals surface area contributed by atoms with Crippen molar-refractivity contribution in [2.75, 3.05) is 19.5 Å². The molecule has 0 aromatic rings. The van der Waals surface area contributed by atoms with E-state index in [9.17, 15) is 0 Å². The number of allylic oxidation sites excluding steroid dienone is 1. The van der Waals surface area contributed by atoms with Gasteiger partial charge in [-0.1, -0.05) is 23.2 Å². The Bertz CT molecular complexity index is 273. The summed E-state index contributed by atoms with van der Waals surface area (Å²) in [7, 11) is 1.93. The number of nitrogens with zero attached hydrogens (tertiary/aromatic N) is 1. The first-order valence-corrected chi connectivity index (χ1v) is 5.58. The fourth-order valence-electron chi connectivity index (χ4n) is 1.20. The van der Waals surface area contributed by atoms with Crippen LogP contribution in [0.1, 0.15) is 6.92 Å². The van der Waals surface area contributed by atoms with Gasteiger partial charge in [-0.15, -0.1) is 24.0 Å². The molecule has 0 saturated carbocycles. The SMILES string of the molecule is CN(CCCl)C1=C(Cl)C(C)(Cl)NC=C1.Cl. The van der Waals surface area contributed by atoms with Crippen LogP contribution in [-0.2, 0) is 0 Å². The van der Waals surface area contributed by atoms with E-state index in [-0.39, 0.29) is 12.4 Å². The van der Waals surface area contributed by atoms with E-state index in [1.54, 1.807) is 6.20 Å². The average molecular weight is 292 g/mol. The van der Waals surface area contributed by atoms with Crippen molar-refractivity contribution in [2.24, 2.45) is 0 Å². The van der Waals surface area contributed by atoms with Gasteiger partial charge >= 0.3 is 0 Å². The van der Waals surface area contributed by atoms with Crippen LogP contribution in [0.3, 0.4) is 0 Å². The molecule has 1 atom stereocenters. The molecule has 0 aromatic heterocycles. The third kappa shape index (κ3) is 3.63. The molecule has 0 saturated heterocycles. The Labute approximate surface area is 112 Å². The van der Waals surface area contributed by atoms with Crippen LogP contribution in [0.4, 0.5) is 0 Å². The summed E-state index contributed by atoms with van der Waals surface area (Å²) in [6, 6.07) is 0. The Balaban J connectivity index is 0.00000196. The van der Waals surface area contributed by atoms with Crippen LogP contribution in [-0.4, -0.2) is 29.4 Å². The van der Waals surface area contributed by atoms with E-state index in [0.717, 1.165) is 12.2 Å². The van der Waals surface area contributed by atoms with E-state index >= 15 is 0 Å². The molecule has 88 valence electrons. The number of rotatable bonds is 3. The van der Waals surface area contributed by atoms with Gasteiger partial charge < -0.3 is 10.2 Å². The van der Waals surface area contributed by atoms with Crippen LogP contribution in [0.25, 0.3) is 0 Å². The predicted octanol–water partition coefficient (Wildman–Crippen LogP) is 3.10. The summed E-state index contributed by atoms with van der Waals surface area (Å²) in [5.41, 5.74) is 0.906. The standard InChI is InChI=1S/C9H13Cl3N2.ClH/c1-9(12)8(11)7(3-5-13-9)14(2)6-4-10;/h3,5,13H,4,6H2,1-2H3;1H. The van der Waals surface area contributed by atoms with Gasteiger partial charge in [0.2, 0.25) is 0 Å². The van der Waals surface area contributed by atoms with Crippen LogP contribution < -0.4 is 5.32 Å². The minimum atomic E-state index is -0.716. The molecule has 0 amide bonds. The normalized spacial score (nSPS) is 24.6. The molecule has 0 spiro atoms. The molecular formula is C9H14Cl4N2. The second-order valence-corrected chi connectivity index (χ2v) is 4.80. The first-order valence-electron chi connectivity index (χ1n) is 4.29. The number of hydrogen-bond acceptors (Lipinski definition) is 2. The minimum absolute atomic E-state index is 0. The van der Waals surface area contributed by atoms with Crippen molar-refractivity contribution in [3.05, 3.63) is 23.0 Å². The molecule has 0 aliphatic carbocycles. The third-order valence-electron chi connectivity index (χ3n) is 2.06. The Morgan fingerprint density at radius 3 is 2.67 bits per heavy atom. The van der Waals surface area contributed by atoms with Gasteiger partial charge in [-0.25, -0.2) is 0 Å². The van der Waals surface area contributed by atoms with Crippen molar-refractivity contribution in [3.8, 4) is 0 Å². The van der Waals surface area contributed by atoms with Crippen LogP contribution >= 0.6 is 47.2 Å². The summed E-state index contributed by atoms with van der Waals surface area (Å²) in [6.45, 7) is 2.55. The predicted molar refractivity (Wildman–Crippen MR) is 70.0 cm³/mol. The Kier molecular flexibility index (Phi) is 6.19. The molecule has 1 aliphatic heterocycles. The molecule has 6 heteroatoms. The molecule has 1 rings (SSSR count). The highest BCUT2D eigenvalue weighted by molar-refractivity contribution is 6.39. The summed E-state index contributed by atoms with van der Waals surface area (Å²) >= 11 is 18.0. The van der Waals surface area contributed by atoms with Gasteiger partial charge in [-0.2, -0.15) is 0 Å². The summed E-state index contributed by atoms with van der Waals surface area (Å²) in [5.74, 6) is 0.560. The zero-order valence-electron chi connectivity index (χ0n) is 8.56. The fraction of sp³-hybridized carbons (Fsp3) is 0.556. The smallest absolute Gasteiger partial charge is 0.147 e. The molecule has 15 heavy (non-hydrogen) atoms. The van der Waals surface area contributed by atoms with Crippen molar-refractivity contribution >= 4 is 47.2 Å². The van der Waals surface area contributed by atoms with Crippen LogP contribution in [0, 0.1) is 0 Å². The van der Waals surface area contributed by atoms with E-state index in [1.807, 2.05) is 24.9 Å². The highest BCUT2D eigenvalue weighted by atomic mass is 35.5. The van der Waals surface area contributed by atoms with E-state index in [2.05, 4.69) is 5.32 Å². The lowest BCUT2D eigenvalue weighted by molar-refractivity contribution is 0.444. The molecule has 0 radical (unpaired) electrons. The highest BCUT2D eigenvalue weighted by Crippen LogP contribution is 2.32. The van der Waals surface area contributed by atoms with Crippen LogP contribution in [0.5, 0.6) is 0 Å². The van der Waals surface area contributed by atoms with Crippen molar-refractivity contribution in [1.82, 2.24) is 10.2 Å². The fourth-order valence-corrected chi connectivity index (χ4v) is 1.87. The summed E-state index contributed by atoms with van der Waals surface area (Å²) in [5, 5.41) is 3.56. The molecule has 1 N–H and O–H groups in total. The molecule has 1 heterocycles. The number of dihydropyridines is 1. The summed E-state index contributed by atoms with van der Waals surface area (Å²) < 4.78 is 0. The molecule has 1 aliphatic rings. The van der Waals surface area contributed by atoms with E-state index in [0.29, 0.717) is 10.9 Å². The largest absolute Gasteiger partial charge is 0.372 e. The number of halogens is 4. The number of likely N-dealkylation sites (N-methyl/N-ethyl adjacent to an activating group) is 1. The van der Waals surface area contributed by atoms with Crippen molar-refractivity contribution in [1.29, 1.82) is 0 Å². The Morgan fingerprint density at radius 1 is 1.53 bits per heavy atom. The van der Waals surface area contributed by atoms with E-state index in [1.165, 1.54) is 0 Å². The second kappa shape index (κ2) is 6.09. The van der Waals surface area contributed by atoms with Gasteiger partial charge in [0, 0.05) is 25.7 Å². The molecule has 0 aromatic carbocycles. The lowest BCUT2D eigenvalue weighted by atomic mass is 10.2. The van der Waals surface area contributed by atoms with Gasteiger partial charge in [-0.3, -0.25) is 0 Å². The van der Waals surface area contributed by atoms with Crippen molar-refractivity contribution in [2.45, 2.75) is 11.9 Å². The van der Waals surface area contributed by atoms with Gasteiger partial charge in [0.15, 0.2) is 0 Å². The molecule has 0 bridgehead atoms. The van der Waals surface area contributed by atoms with E-state index < -0.39 is 5.00 Å². The lowest BCUT2D eigenvalue weighted by Gasteiger charge is -2.31. The first-order chi connectivity index (χ1) is 6.49. The van der Waals surface area contributed by atoms with Crippen LogP contribution in [0.2, 0.25) is 0 Å². The number of nitrogens with one attached hydrogen (secondary N) is 1. The van der Waals surface area contributed by atoms with Crippen molar-refractivity contribution < 1.29 is 0 Å².